The highest BCUT2D eigenvalue weighted by Crippen LogP contribution is 2.24. The van der Waals surface area contributed by atoms with Crippen LogP contribution in [-0.2, 0) is 10.0 Å². The Morgan fingerprint density at radius 3 is 2.43 bits per heavy atom. The lowest BCUT2D eigenvalue weighted by Gasteiger charge is -2.06. The Morgan fingerprint density at radius 1 is 1.04 bits per heavy atom. The molecule has 0 bridgehead atoms. The summed E-state index contributed by atoms with van der Waals surface area (Å²) in [6.07, 6.45) is 0. The highest BCUT2D eigenvalue weighted by atomic mass is 32.2. The molecule has 2 aromatic carbocycles. The third-order valence-electron chi connectivity index (χ3n) is 3.11. The lowest BCUT2D eigenvalue weighted by atomic mass is 10.2. The molecule has 0 unspecified atom stereocenters. The minimum absolute atomic E-state index is 0.0460. The van der Waals surface area contributed by atoms with Crippen LogP contribution in [0, 0.1) is 10.1 Å². The normalized spacial score (nSPS) is 11.5. The second kappa shape index (κ2) is 5.25. The number of nitro benzene ring substituents is 1. The summed E-state index contributed by atoms with van der Waals surface area (Å²) in [7, 11) is -4.55. The van der Waals surface area contributed by atoms with E-state index in [1.165, 1.54) is 24.3 Å². The van der Waals surface area contributed by atoms with Gasteiger partial charge in [0, 0.05) is 6.07 Å². The van der Waals surface area contributed by atoms with E-state index < -0.39 is 31.1 Å². The fourth-order valence-electron chi connectivity index (χ4n) is 2.05. The van der Waals surface area contributed by atoms with Crippen LogP contribution in [0.15, 0.2) is 58.2 Å². The van der Waals surface area contributed by atoms with E-state index in [-0.39, 0.29) is 15.0 Å². The maximum atomic E-state index is 12.6. The fourth-order valence-corrected chi connectivity index (χ4v) is 3.34. The topological polar surface area (TPSA) is 125 Å². The fraction of sp³-hybridized carbons (Fsp3) is 0. The molecule has 0 saturated heterocycles. The molecule has 0 aliphatic rings. The summed E-state index contributed by atoms with van der Waals surface area (Å²) in [5.74, 6) is 0. The Kier molecular flexibility index (Phi) is 3.37. The van der Waals surface area contributed by atoms with Crippen molar-refractivity contribution in [3.8, 4) is 0 Å². The first-order chi connectivity index (χ1) is 10.9. The number of rotatable bonds is 3. The third kappa shape index (κ3) is 2.34. The third-order valence-corrected chi connectivity index (χ3v) is 4.70. The molecule has 0 amide bonds. The van der Waals surface area contributed by atoms with Gasteiger partial charge >= 0.3 is 0 Å². The average molecular weight is 332 g/mol. The molecule has 0 N–H and O–H groups in total. The lowest BCUT2D eigenvalue weighted by molar-refractivity contribution is -0.387. The first kappa shape index (κ1) is 14.8. The maximum absolute atomic E-state index is 12.6. The van der Waals surface area contributed by atoms with Crippen LogP contribution in [0.1, 0.15) is 0 Å². The summed E-state index contributed by atoms with van der Waals surface area (Å²) < 4.78 is 25.3. The Labute approximate surface area is 129 Å². The number of para-hydroxylation sites is 1. The molecule has 23 heavy (non-hydrogen) atoms. The SMILES string of the molecule is O=c1c2ccccc2nnn1S(=O)(=O)c1ccccc1[N+](=O)[O-]. The van der Waals surface area contributed by atoms with Crippen molar-refractivity contribution in [2.24, 2.45) is 0 Å². The van der Waals surface area contributed by atoms with Crippen LogP contribution in [0.4, 0.5) is 5.69 Å². The van der Waals surface area contributed by atoms with Crippen LogP contribution in [0.3, 0.4) is 0 Å². The quantitative estimate of drug-likeness (QED) is 0.516. The Hall–Kier alpha value is -3.14. The monoisotopic (exact) mass is 332 g/mol. The van der Waals surface area contributed by atoms with Crippen molar-refractivity contribution in [2.75, 3.05) is 0 Å². The zero-order chi connectivity index (χ0) is 16.6. The number of benzene rings is 2. The van der Waals surface area contributed by atoms with Gasteiger partial charge in [0.25, 0.3) is 21.3 Å². The van der Waals surface area contributed by atoms with Crippen molar-refractivity contribution < 1.29 is 13.3 Å². The van der Waals surface area contributed by atoms with Gasteiger partial charge in [0.2, 0.25) is 0 Å². The molecule has 10 heteroatoms. The van der Waals surface area contributed by atoms with Crippen molar-refractivity contribution in [1.29, 1.82) is 0 Å². The molecule has 0 aliphatic heterocycles. The highest BCUT2D eigenvalue weighted by Gasteiger charge is 2.29. The number of hydrogen-bond donors (Lipinski definition) is 0. The Morgan fingerprint density at radius 2 is 1.70 bits per heavy atom. The van der Waals surface area contributed by atoms with Crippen LogP contribution >= 0.6 is 0 Å². The predicted molar refractivity (Wildman–Crippen MR) is 79.5 cm³/mol. The zero-order valence-electron chi connectivity index (χ0n) is 11.4. The summed E-state index contributed by atoms with van der Waals surface area (Å²) >= 11 is 0. The number of hydrogen-bond acceptors (Lipinski definition) is 7. The van der Waals surface area contributed by atoms with Crippen LogP contribution < -0.4 is 5.56 Å². The van der Waals surface area contributed by atoms with Crippen molar-refractivity contribution in [3.63, 3.8) is 0 Å². The molecular formula is C13H8N4O5S. The van der Waals surface area contributed by atoms with Gasteiger partial charge in [-0.3, -0.25) is 14.9 Å². The molecule has 3 rings (SSSR count). The van der Waals surface area contributed by atoms with Gasteiger partial charge in [-0.2, -0.15) is 8.42 Å². The summed E-state index contributed by atoms with van der Waals surface area (Å²) in [6.45, 7) is 0. The summed E-state index contributed by atoms with van der Waals surface area (Å²) in [5.41, 5.74) is -1.34. The van der Waals surface area contributed by atoms with Gasteiger partial charge in [-0.15, -0.1) is 5.10 Å². The van der Waals surface area contributed by atoms with Crippen LogP contribution in [0.25, 0.3) is 10.9 Å². The molecule has 1 heterocycles. The van der Waals surface area contributed by atoms with E-state index in [4.69, 9.17) is 0 Å². The van der Waals surface area contributed by atoms with Gasteiger partial charge in [-0.1, -0.05) is 28.4 Å². The van der Waals surface area contributed by atoms with Gasteiger partial charge in [-0.25, -0.2) is 0 Å². The van der Waals surface area contributed by atoms with Gasteiger partial charge in [0.15, 0.2) is 4.90 Å². The van der Waals surface area contributed by atoms with E-state index >= 15 is 0 Å². The molecule has 9 nitrogen and oxygen atoms in total. The maximum Gasteiger partial charge on any atom is 0.294 e. The minimum Gasteiger partial charge on any atom is -0.266 e. The van der Waals surface area contributed by atoms with E-state index in [0.717, 1.165) is 12.1 Å². The predicted octanol–water partition coefficient (Wildman–Crippen LogP) is 0.937. The van der Waals surface area contributed by atoms with Gasteiger partial charge in [-0.05, 0) is 23.4 Å². The number of fused-ring (bicyclic) bond motifs is 1. The standard InChI is InChI=1S/C13H8N4O5S/c18-13-9-5-1-2-6-10(9)14-15-16(13)23(21,22)12-8-4-3-7-11(12)17(19)20/h1-8H. The largest absolute Gasteiger partial charge is 0.294 e. The minimum atomic E-state index is -4.55. The number of aromatic nitrogens is 3. The molecule has 0 aliphatic carbocycles. The van der Waals surface area contributed by atoms with Crippen LogP contribution in [0.2, 0.25) is 0 Å². The van der Waals surface area contributed by atoms with E-state index in [2.05, 4.69) is 10.3 Å². The van der Waals surface area contributed by atoms with Crippen molar-refractivity contribution >= 4 is 26.6 Å². The highest BCUT2D eigenvalue weighted by molar-refractivity contribution is 7.90. The smallest absolute Gasteiger partial charge is 0.266 e. The first-order valence-corrected chi connectivity index (χ1v) is 7.70. The molecule has 0 spiro atoms. The second-order valence-corrected chi connectivity index (χ2v) is 6.22. The van der Waals surface area contributed by atoms with Crippen LogP contribution in [-0.4, -0.2) is 27.7 Å². The van der Waals surface area contributed by atoms with E-state index in [0.29, 0.717) is 0 Å². The average Bonchev–Trinajstić information content (AvgIpc) is 2.55. The van der Waals surface area contributed by atoms with Crippen LogP contribution in [0.5, 0.6) is 0 Å². The Balaban J connectivity index is 2.32. The number of nitro groups is 1. The molecule has 0 fully saturated rings. The lowest BCUT2D eigenvalue weighted by Crippen LogP contribution is -2.31. The summed E-state index contributed by atoms with van der Waals surface area (Å²) in [6, 6.07) is 10.8. The zero-order valence-corrected chi connectivity index (χ0v) is 12.2. The van der Waals surface area contributed by atoms with Crippen molar-refractivity contribution in [3.05, 3.63) is 69.0 Å². The van der Waals surface area contributed by atoms with Crippen molar-refractivity contribution in [2.45, 2.75) is 4.90 Å². The summed E-state index contributed by atoms with van der Waals surface area (Å²) in [5, 5.41) is 18.1. The van der Waals surface area contributed by atoms with Gasteiger partial charge < -0.3 is 0 Å². The second-order valence-electron chi connectivity index (χ2n) is 4.48. The van der Waals surface area contributed by atoms with Gasteiger partial charge in [0.1, 0.15) is 5.52 Å². The summed E-state index contributed by atoms with van der Waals surface area (Å²) in [4.78, 5) is 21.9. The molecule has 3 aromatic rings. The van der Waals surface area contributed by atoms with E-state index in [1.807, 2.05) is 0 Å². The molecular weight excluding hydrogens is 324 g/mol. The molecule has 0 saturated carbocycles. The van der Waals surface area contributed by atoms with E-state index in [9.17, 15) is 23.3 Å². The molecule has 1 aromatic heterocycles. The Bertz CT molecular complexity index is 1090. The molecule has 0 atom stereocenters. The molecule has 0 radical (unpaired) electrons. The molecule has 116 valence electrons. The van der Waals surface area contributed by atoms with Gasteiger partial charge in [0.05, 0.1) is 10.3 Å². The first-order valence-electron chi connectivity index (χ1n) is 6.26. The van der Waals surface area contributed by atoms with Crippen molar-refractivity contribution in [1.82, 2.24) is 14.4 Å². The number of nitrogens with zero attached hydrogens (tertiary/aromatic N) is 4. The van der Waals surface area contributed by atoms with E-state index in [1.54, 1.807) is 12.1 Å².